The third-order valence-electron chi connectivity index (χ3n) is 3.41. The van der Waals surface area contributed by atoms with Crippen LogP contribution >= 0.6 is 0 Å². The number of esters is 1. The summed E-state index contributed by atoms with van der Waals surface area (Å²) in [4.78, 5) is 11.3. The largest absolute Gasteiger partial charge is 0.459 e. The van der Waals surface area contributed by atoms with Crippen LogP contribution in [0.3, 0.4) is 0 Å². The Morgan fingerprint density at radius 3 is 2.71 bits per heavy atom. The van der Waals surface area contributed by atoms with Gasteiger partial charge >= 0.3 is 5.97 Å². The summed E-state index contributed by atoms with van der Waals surface area (Å²) in [6.45, 7) is 3.15. The van der Waals surface area contributed by atoms with E-state index in [9.17, 15) is 4.79 Å². The van der Waals surface area contributed by atoms with Crippen LogP contribution in [0.5, 0.6) is 0 Å². The van der Waals surface area contributed by atoms with Crippen LogP contribution in [0.2, 0.25) is 0 Å². The Hall–Kier alpha value is -0.830. The summed E-state index contributed by atoms with van der Waals surface area (Å²) in [5, 5.41) is 8.71. The highest BCUT2D eigenvalue weighted by atomic mass is 16.5. The predicted molar refractivity (Wildman–Crippen MR) is 51.6 cm³/mol. The number of hydrogen-bond acceptors (Lipinski definition) is 3. The molecule has 2 saturated carbocycles. The van der Waals surface area contributed by atoms with Crippen molar-refractivity contribution in [2.75, 3.05) is 6.61 Å². The average molecular weight is 196 g/mol. The highest BCUT2D eigenvalue weighted by Gasteiger charge is 2.41. The quantitative estimate of drug-likeness (QED) is 0.546. The molecule has 0 saturated heterocycles. The fraction of sp³-hybridized carbons (Fsp3) is 0.727. The second kappa shape index (κ2) is 3.73. The van der Waals surface area contributed by atoms with Crippen molar-refractivity contribution in [2.45, 2.75) is 31.8 Å². The highest BCUT2D eigenvalue weighted by Crippen LogP contribution is 2.45. The molecule has 0 radical (unpaired) electrons. The second-order valence-electron chi connectivity index (χ2n) is 4.38. The highest BCUT2D eigenvalue weighted by molar-refractivity contribution is 5.88. The van der Waals surface area contributed by atoms with Gasteiger partial charge < -0.3 is 9.84 Å². The summed E-state index contributed by atoms with van der Waals surface area (Å²) in [6, 6.07) is 0. The van der Waals surface area contributed by atoms with Crippen LogP contribution in [0.4, 0.5) is 0 Å². The van der Waals surface area contributed by atoms with E-state index in [0.29, 0.717) is 5.92 Å². The van der Waals surface area contributed by atoms with Crippen LogP contribution in [0.15, 0.2) is 12.2 Å². The summed E-state index contributed by atoms with van der Waals surface area (Å²) >= 11 is 0. The summed E-state index contributed by atoms with van der Waals surface area (Å²) < 4.78 is 5.30. The van der Waals surface area contributed by atoms with Gasteiger partial charge in [-0.05, 0) is 37.5 Å². The molecule has 2 bridgehead atoms. The van der Waals surface area contributed by atoms with E-state index in [1.165, 1.54) is 19.3 Å². The summed E-state index contributed by atoms with van der Waals surface area (Å²) in [7, 11) is 0. The molecule has 2 rings (SSSR count). The zero-order valence-electron chi connectivity index (χ0n) is 8.24. The van der Waals surface area contributed by atoms with E-state index < -0.39 is 5.97 Å². The van der Waals surface area contributed by atoms with Crippen LogP contribution in [0.25, 0.3) is 0 Å². The third-order valence-corrected chi connectivity index (χ3v) is 3.41. The monoisotopic (exact) mass is 196 g/mol. The predicted octanol–water partition coefficient (Wildman–Crippen LogP) is 1.27. The molecule has 0 aromatic heterocycles. The fourth-order valence-corrected chi connectivity index (χ4v) is 2.62. The van der Waals surface area contributed by atoms with Gasteiger partial charge in [0.1, 0.15) is 6.10 Å². The molecule has 78 valence electrons. The number of carbonyl (C=O) groups excluding carboxylic acids is 1. The van der Waals surface area contributed by atoms with Crippen molar-refractivity contribution >= 4 is 5.97 Å². The molecule has 0 aliphatic heterocycles. The van der Waals surface area contributed by atoms with E-state index in [1.54, 1.807) is 0 Å². The average Bonchev–Trinajstić information content (AvgIpc) is 2.77. The first-order valence-electron chi connectivity index (χ1n) is 5.20. The van der Waals surface area contributed by atoms with Gasteiger partial charge in [-0.2, -0.15) is 0 Å². The SMILES string of the molecule is C=C(CO)C(=O)OC1CC2CCC1C2. The topological polar surface area (TPSA) is 46.5 Å². The van der Waals surface area contributed by atoms with Gasteiger partial charge in [-0.1, -0.05) is 6.58 Å². The number of hydrogen-bond donors (Lipinski definition) is 1. The molecule has 1 N–H and O–H groups in total. The van der Waals surface area contributed by atoms with E-state index in [2.05, 4.69) is 6.58 Å². The van der Waals surface area contributed by atoms with Crippen LogP contribution < -0.4 is 0 Å². The molecule has 3 heteroatoms. The first kappa shape index (κ1) is 9.71. The minimum atomic E-state index is -0.426. The normalized spacial score (nSPS) is 34.5. The van der Waals surface area contributed by atoms with Crippen LogP contribution in [0, 0.1) is 11.8 Å². The van der Waals surface area contributed by atoms with Crippen molar-refractivity contribution in [2.24, 2.45) is 11.8 Å². The zero-order valence-corrected chi connectivity index (χ0v) is 8.24. The third kappa shape index (κ3) is 1.69. The minimum Gasteiger partial charge on any atom is -0.459 e. The Morgan fingerprint density at radius 2 is 2.21 bits per heavy atom. The van der Waals surface area contributed by atoms with Gasteiger partial charge in [-0.15, -0.1) is 0 Å². The number of ether oxygens (including phenoxy) is 1. The summed E-state index contributed by atoms with van der Waals surface area (Å²) in [5.74, 6) is 0.903. The lowest BCUT2D eigenvalue weighted by atomic mass is 9.98. The molecule has 0 amide bonds. The van der Waals surface area contributed by atoms with Gasteiger partial charge in [-0.3, -0.25) is 0 Å². The maximum absolute atomic E-state index is 11.3. The van der Waals surface area contributed by atoms with Crippen molar-refractivity contribution in [1.29, 1.82) is 0 Å². The van der Waals surface area contributed by atoms with Crippen LogP contribution in [0.1, 0.15) is 25.7 Å². The molecule has 0 heterocycles. The van der Waals surface area contributed by atoms with Gasteiger partial charge in [0.15, 0.2) is 0 Å². The van der Waals surface area contributed by atoms with Gasteiger partial charge in [0, 0.05) is 0 Å². The Balaban J connectivity index is 1.87. The Bertz CT molecular complexity index is 259. The first-order chi connectivity index (χ1) is 6.70. The number of aliphatic hydroxyl groups is 1. The first-order valence-corrected chi connectivity index (χ1v) is 5.20. The molecule has 2 aliphatic rings. The molecular weight excluding hydrogens is 180 g/mol. The summed E-state index contributed by atoms with van der Waals surface area (Å²) in [6.07, 6.45) is 4.79. The molecule has 0 aromatic carbocycles. The van der Waals surface area contributed by atoms with Crippen molar-refractivity contribution in [1.82, 2.24) is 0 Å². The molecule has 2 fully saturated rings. The van der Waals surface area contributed by atoms with Crippen LogP contribution in [-0.2, 0) is 9.53 Å². The Kier molecular flexibility index (Phi) is 2.59. The van der Waals surface area contributed by atoms with E-state index in [4.69, 9.17) is 9.84 Å². The lowest BCUT2D eigenvalue weighted by molar-refractivity contribution is -0.147. The van der Waals surface area contributed by atoms with Crippen molar-refractivity contribution in [3.05, 3.63) is 12.2 Å². The molecule has 0 spiro atoms. The number of carbonyl (C=O) groups is 1. The Morgan fingerprint density at radius 1 is 1.43 bits per heavy atom. The maximum Gasteiger partial charge on any atom is 0.336 e. The van der Waals surface area contributed by atoms with E-state index >= 15 is 0 Å². The van der Waals surface area contributed by atoms with Crippen LogP contribution in [-0.4, -0.2) is 23.8 Å². The standard InChI is InChI=1S/C11H16O3/c1-7(6-12)11(13)14-10-5-8-2-3-9(10)4-8/h8-10,12H,1-6H2. The molecule has 14 heavy (non-hydrogen) atoms. The minimum absolute atomic E-state index is 0.0875. The molecule has 3 nitrogen and oxygen atoms in total. The Labute approximate surface area is 83.8 Å². The molecule has 3 atom stereocenters. The molecular formula is C11H16O3. The van der Waals surface area contributed by atoms with Gasteiger partial charge in [-0.25, -0.2) is 4.79 Å². The van der Waals surface area contributed by atoms with Gasteiger partial charge in [0.05, 0.1) is 12.2 Å². The molecule has 3 unspecified atom stereocenters. The van der Waals surface area contributed by atoms with E-state index in [1.807, 2.05) is 0 Å². The molecule has 0 aromatic rings. The number of rotatable bonds is 3. The zero-order chi connectivity index (χ0) is 10.1. The van der Waals surface area contributed by atoms with Gasteiger partial charge in [0.25, 0.3) is 0 Å². The maximum atomic E-state index is 11.3. The van der Waals surface area contributed by atoms with E-state index in [-0.39, 0.29) is 18.3 Å². The second-order valence-corrected chi connectivity index (χ2v) is 4.38. The fourth-order valence-electron chi connectivity index (χ4n) is 2.62. The van der Waals surface area contributed by atoms with E-state index in [0.717, 1.165) is 12.3 Å². The summed E-state index contributed by atoms with van der Waals surface area (Å²) in [5.41, 5.74) is 0.160. The van der Waals surface area contributed by atoms with Crippen molar-refractivity contribution < 1.29 is 14.6 Å². The lowest BCUT2D eigenvalue weighted by Crippen LogP contribution is -2.25. The van der Waals surface area contributed by atoms with Crippen molar-refractivity contribution in [3.63, 3.8) is 0 Å². The lowest BCUT2D eigenvalue weighted by Gasteiger charge is -2.21. The van der Waals surface area contributed by atoms with Gasteiger partial charge in [0.2, 0.25) is 0 Å². The number of aliphatic hydroxyl groups excluding tert-OH is 1. The van der Waals surface area contributed by atoms with Crippen molar-refractivity contribution in [3.8, 4) is 0 Å². The smallest absolute Gasteiger partial charge is 0.336 e. The molecule has 2 aliphatic carbocycles. The number of fused-ring (bicyclic) bond motifs is 2.